The smallest absolute Gasteiger partial charge is 0.257 e. The molecule has 8 heteroatoms. The summed E-state index contributed by atoms with van der Waals surface area (Å²) in [4.78, 5) is 31.7. The minimum atomic E-state index is -0.313. The van der Waals surface area contributed by atoms with Gasteiger partial charge in [-0.1, -0.05) is 12.1 Å². The molecule has 1 aromatic carbocycles. The quantitative estimate of drug-likeness (QED) is 0.675. The SMILES string of the molecule is O=C(Nc1ccccc1C(=O)Nc1ccc(N2CCOCC2)nc1)c1ccsc1. The molecule has 3 heterocycles. The molecule has 2 aromatic heterocycles. The van der Waals surface area contributed by atoms with E-state index in [1.54, 1.807) is 41.9 Å². The second-order valence-electron chi connectivity index (χ2n) is 6.47. The number of pyridine rings is 1. The first-order valence-corrected chi connectivity index (χ1v) is 10.2. The van der Waals surface area contributed by atoms with Crippen LogP contribution < -0.4 is 15.5 Å². The first-order chi connectivity index (χ1) is 14.2. The molecule has 1 aliphatic heterocycles. The number of hydrogen-bond donors (Lipinski definition) is 2. The number of carbonyl (C=O) groups excluding carboxylic acids is 2. The number of nitrogens with one attached hydrogen (secondary N) is 2. The van der Waals surface area contributed by atoms with E-state index in [1.165, 1.54) is 11.3 Å². The molecular formula is C21H20N4O3S. The highest BCUT2D eigenvalue weighted by molar-refractivity contribution is 7.08. The summed E-state index contributed by atoms with van der Waals surface area (Å²) in [6, 6.07) is 12.4. The van der Waals surface area contributed by atoms with Crippen LogP contribution >= 0.6 is 11.3 Å². The van der Waals surface area contributed by atoms with Crippen molar-refractivity contribution in [1.29, 1.82) is 0 Å². The Morgan fingerprint density at radius 1 is 1.00 bits per heavy atom. The van der Waals surface area contributed by atoms with Gasteiger partial charge in [-0.05, 0) is 35.7 Å². The van der Waals surface area contributed by atoms with E-state index in [9.17, 15) is 9.59 Å². The normalized spacial score (nSPS) is 13.7. The number of nitrogens with zero attached hydrogens (tertiary/aromatic N) is 2. The molecule has 1 aliphatic rings. The van der Waals surface area contributed by atoms with Crippen LogP contribution in [-0.4, -0.2) is 43.1 Å². The molecule has 3 aromatic rings. The van der Waals surface area contributed by atoms with Gasteiger partial charge in [0.2, 0.25) is 0 Å². The summed E-state index contributed by atoms with van der Waals surface area (Å²) in [5.74, 6) is 0.296. The van der Waals surface area contributed by atoms with Crippen molar-refractivity contribution in [2.75, 3.05) is 41.8 Å². The predicted octanol–water partition coefficient (Wildman–Crippen LogP) is 3.48. The Morgan fingerprint density at radius 3 is 2.55 bits per heavy atom. The Labute approximate surface area is 172 Å². The van der Waals surface area contributed by atoms with Gasteiger partial charge in [0.05, 0.1) is 41.9 Å². The van der Waals surface area contributed by atoms with Crippen molar-refractivity contribution in [3.63, 3.8) is 0 Å². The van der Waals surface area contributed by atoms with Gasteiger partial charge in [-0.25, -0.2) is 4.98 Å². The van der Waals surface area contributed by atoms with Gasteiger partial charge in [0.15, 0.2) is 0 Å². The van der Waals surface area contributed by atoms with Crippen LogP contribution in [0.1, 0.15) is 20.7 Å². The van der Waals surface area contributed by atoms with E-state index < -0.39 is 0 Å². The minimum Gasteiger partial charge on any atom is -0.378 e. The van der Waals surface area contributed by atoms with Gasteiger partial charge in [-0.2, -0.15) is 11.3 Å². The van der Waals surface area contributed by atoms with Crippen LogP contribution in [-0.2, 0) is 4.74 Å². The molecule has 4 rings (SSSR count). The molecule has 148 valence electrons. The van der Waals surface area contributed by atoms with Gasteiger partial charge >= 0.3 is 0 Å². The van der Waals surface area contributed by atoms with Crippen LogP contribution in [0.5, 0.6) is 0 Å². The number of morpholine rings is 1. The monoisotopic (exact) mass is 408 g/mol. The van der Waals surface area contributed by atoms with Crippen molar-refractivity contribution >= 4 is 40.3 Å². The molecular weight excluding hydrogens is 388 g/mol. The average molecular weight is 408 g/mol. The van der Waals surface area contributed by atoms with E-state index in [0.29, 0.717) is 35.7 Å². The summed E-state index contributed by atoms with van der Waals surface area (Å²) >= 11 is 1.44. The molecule has 1 saturated heterocycles. The Bertz CT molecular complexity index is 983. The summed E-state index contributed by atoms with van der Waals surface area (Å²) < 4.78 is 5.35. The molecule has 2 N–H and O–H groups in total. The maximum absolute atomic E-state index is 12.8. The molecule has 0 aliphatic carbocycles. The van der Waals surface area contributed by atoms with E-state index in [0.717, 1.165) is 18.9 Å². The lowest BCUT2D eigenvalue weighted by Crippen LogP contribution is -2.36. The highest BCUT2D eigenvalue weighted by Crippen LogP contribution is 2.20. The maximum Gasteiger partial charge on any atom is 0.257 e. The Kier molecular flexibility index (Phi) is 5.83. The lowest BCUT2D eigenvalue weighted by molar-refractivity contribution is 0.102. The van der Waals surface area contributed by atoms with Crippen LogP contribution in [0.4, 0.5) is 17.2 Å². The molecule has 29 heavy (non-hydrogen) atoms. The zero-order chi connectivity index (χ0) is 20.1. The van der Waals surface area contributed by atoms with Gasteiger partial charge in [0.25, 0.3) is 11.8 Å². The second-order valence-corrected chi connectivity index (χ2v) is 7.25. The molecule has 1 fully saturated rings. The number of anilines is 3. The number of rotatable bonds is 5. The van der Waals surface area contributed by atoms with Gasteiger partial charge in [-0.15, -0.1) is 0 Å². The van der Waals surface area contributed by atoms with Gasteiger partial charge < -0.3 is 20.3 Å². The minimum absolute atomic E-state index is 0.247. The number of carbonyl (C=O) groups is 2. The van der Waals surface area contributed by atoms with Gasteiger partial charge in [0.1, 0.15) is 5.82 Å². The molecule has 0 spiro atoms. The lowest BCUT2D eigenvalue weighted by atomic mass is 10.1. The molecule has 2 amide bonds. The molecule has 0 radical (unpaired) electrons. The Morgan fingerprint density at radius 2 is 1.83 bits per heavy atom. The molecule has 7 nitrogen and oxygen atoms in total. The first-order valence-electron chi connectivity index (χ1n) is 9.23. The number of hydrogen-bond acceptors (Lipinski definition) is 6. The highest BCUT2D eigenvalue weighted by Gasteiger charge is 2.16. The fourth-order valence-corrected chi connectivity index (χ4v) is 3.65. The zero-order valence-electron chi connectivity index (χ0n) is 15.6. The Balaban J connectivity index is 1.45. The predicted molar refractivity (Wildman–Crippen MR) is 114 cm³/mol. The van der Waals surface area contributed by atoms with Gasteiger partial charge in [0, 0.05) is 18.5 Å². The fourth-order valence-electron chi connectivity index (χ4n) is 3.02. The molecule has 0 unspecified atom stereocenters. The third-order valence-electron chi connectivity index (χ3n) is 4.54. The fraction of sp³-hybridized carbons (Fsp3) is 0.190. The largest absolute Gasteiger partial charge is 0.378 e. The van der Waals surface area contributed by atoms with Crippen LogP contribution in [0.3, 0.4) is 0 Å². The highest BCUT2D eigenvalue weighted by atomic mass is 32.1. The Hall–Kier alpha value is -3.23. The van der Waals surface area contributed by atoms with E-state index in [1.807, 2.05) is 17.5 Å². The van der Waals surface area contributed by atoms with E-state index in [-0.39, 0.29) is 11.8 Å². The number of thiophene rings is 1. The van der Waals surface area contributed by atoms with Gasteiger partial charge in [-0.3, -0.25) is 9.59 Å². The third-order valence-corrected chi connectivity index (χ3v) is 5.23. The van der Waals surface area contributed by atoms with Crippen LogP contribution in [0, 0.1) is 0 Å². The zero-order valence-corrected chi connectivity index (χ0v) is 16.4. The van der Waals surface area contributed by atoms with Crippen molar-refractivity contribution in [3.8, 4) is 0 Å². The van der Waals surface area contributed by atoms with E-state index >= 15 is 0 Å². The maximum atomic E-state index is 12.8. The lowest BCUT2D eigenvalue weighted by Gasteiger charge is -2.27. The van der Waals surface area contributed by atoms with Crippen molar-refractivity contribution in [2.24, 2.45) is 0 Å². The number of amides is 2. The number of benzene rings is 1. The van der Waals surface area contributed by atoms with E-state index in [2.05, 4.69) is 20.5 Å². The number of para-hydroxylation sites is 1. The topological polar surface area (TPSA) is 83.6 Å². The molecule has 0 saturated carbocycles. The number of aromatic nitrogens is 1. The van der Waals surface area contributed by atoms with Crippen LogP contribution in [0.15, 0.2) is 59.4 Å². The van der Waals surface area contributed by atoms with Crippen LogP contribution in [0.2, 0.25) is 0 Å². The standard InChI is InChI=1S/C21H20N4O3S/c26-20(15-7-12-29-14-15)24-18-4-2-1-3-17(18)21(27)23-16-5-6-19(22-13-16)25-8-10-28-11-9-25/h1-7,12-14H,8-11H2,(H,23,27)(H,24,26). The summed E-state index contributed by atoms with van der Waals surface area (Å²) in [7, 11) is 0. The number of ether oxygens (including phenoxy) is 1. The summed E-state index contributed by atoms with van der Waals surface area (Å²) in [6.07, 6.45) is 1.63. The van der Waals surface area contributed by atoms with Crippen molar-refractivity contribution < 1.29 is 14.3 Å². The summed E-state index contributed by atoms with van der Waals surface area (Å²) in [5, 5.41) is 9.25. The van der Waals surface area contributed by atoms with Crippen LogP contribution in [0.25, 0.3) is 0 Å². The van der Waals surface area contributed by atoms with Crippen molar-refractivity contribution in [3.05, 3.63) is 70.5 Å². The summed E-state index contributed by atoms with van der Waals surface area (Å²) in [6.45, 7) is 2.98. The first kappa shape index (κ1) is 19.1. The van der Waals surface area contributed by atoms with Crippen molar-refractivity contribution in [1.82, 2.24) is 4.98 Å². The summed E-state index contributed by atoms with van der Waals surface area (Å²) in [5.41, 5.74) is 1.99. The van der Waals surface area contributed by atoms with E-state index in [4.69, 9.17) is 4.74 Å². The van der Waals surface area contributed by atoms with Crippen molar-refractivity contribution in [2.45, 2.75) is 0 Å². The second kappa shape index (κ2) is 8.85. The molecule has 0 atom stereocenters. The third kappa shape index (κ3) is 4.61. The molecule has 0 bridgehead atoms. The average Bonchev–Trinajstić information content (AvgIpc) is 3.30.